The molecule has 0 saturated carbocycles. The Morgan fingerprint density at radius 2 is 1.32 bits per heavy atom. The van der Waals surface area contributed by atoms with E-state index in [1.165, 1.54) is 36.2 Å². The Balaban J connectivity index is 0.903. The molecule has 0 aliphatic carbocycles. The van der Waals surface area contributed by atoms with E-state index in [1.807, 2.05) is 27.7 Å². The zero-order chi connectivity index (χ0) is 61.4. The summed E-state index contributed by atoms with van der Waals surface area (Å²) in [6, 6.07) is 11.6. The molecule has 5 amide bonds. The number of aliphatic imine (C=N–C) groups is 1. The van der Waals surface area contributed by atoms with E-state index in [0.717, 1.165) is 10.5 Å². The molecule has 85 heavy (non-hydrogen) atoms. The Hall–Kier alpha value is -7.58. The number of hydrogen-bond acceptors (Lipinski definition) is 19. The molecule has 0 spiro atoms. The van der Waals surface area contributed by atoms with Crippen LogP contribution in [-0.4, -0.2) is 161 Å². The highest BCUT2D eigenvalue weighted by Crippen LogP contribution is 2.45. The second-order valence-corrected chi connectivity index (χ2v) is 21.6. The van der Waals surface area contributed by atoms with Crippen molar-refractivity contribution >= 4 is 53.0 Å². The van der Waals surface area contributed by atoms with Crippen LogP contribution in [0.5, 0.6) is 23.0 Å². The molecular formula is C61H83N9O15. The number of fused-ring (bicyclic) bond motifs is 4. The zero-order valence-corrected chi connectivity index (χ0v) is 50.0. The molecule has 0 bridgehead atoms. The van der Waals surface area contributed by atoms with Crippen LogP contribution in [0.1, 0.15) is 106 Å². The largest absolute Gasteiger partial charge is 0.493 e. The maximum Gasteiger partial charge on any atom is 0.416 e. The maximum absolute atomic E-state index is 14.3. The third kappa shape index (κ3) is 16.2. The lowest BCUT2D eigenvalue weighted by Gasteiger charge is -2.39. The van der Waals surface area contributed by atoms with Crippen LogP contribution >= 0.6 is 0 Å². The minimum atomic E-state index is -1.78. The van der Waals surface area contributed by atoms with E-state index in [1.54, 1.807) is 68.9 Å². The molecule has 0 unspecified atom stereocenters. The first kappa shape index (κ1) is 65.0. The monoisotopic (exact) mass is 1180 g/mol. The normalized spacial score (nSPS) is 19.3. The zero-order valence-electron chi connectivity index (χ0n) is 50.0. The fraction of sp³-hybridized carbons (Fsp3) is 0.508. The van der Waals surface area contributed by atoms with E-state index in [-0.39, 0.29) is 79.1 Å². The summed E-state index contributed by atoms with van der Waals surface area (Å²) in [5, 5.41) is 21.0. The first-order chi connectivity index (χ1) is 40.7. The number of rotatable bonds is 32. The van der Waals surface area contributed by atoms with Gasteiger partial charge in [-0.05, 0) is 82.7 Å². The number of methoxy groups -OCH3 is 2. The van der Waals surface area contributed by atoms with E-state index in [0.29, 0.717) is 124 Å². The fourth-order valence-corrected chi connectivity index (χ4v) is 10.1. The number of benzene rings is 3. The van der Waals surface area contributed by atoms with E-state index in [4.69, 9.17) is 54.1 Å². The van der Waals surface area contributed by atoms with Crippen molar-refractivity contribution in [3.63, 3.8) is 0 Å². The van der Waals surface area contributed by atoms with E-state index in [9.17, 15) is 29.1 Å². The van der Waals surface area contributed by atoms with Crippen LogP contribution in [0.2, 0.25) is 0 Å². The molecule has 3 aromatic rings. The van der Waals surface area contributed by atoms with Crippen LogP contribution in [-0.2, 0) is 39.9 Å². The predicted molar refractivity (Wildman–Crippen MR) is 318 cm³/mol. The lowest BCUT2D eigenvalue weighted by Crippen LogP contribution is -2.65. The second-order valence-electron chi connectivity index (χ2n) is 21.6. The smallest absolute Gasteiger partial charge is 0.416 e. The van der Waals surface area contributed by atoms with E-state index < -0.39 is 41.6 Å². The molecular weight excluding hydrogens is 1100 g/mol. The Kier molecular flexibility index (Phi) is 22.9. The van der Waals surface area contributed by atoms with Crippen molar-refractivity contribution in [1.82, 2.24) is 20.4 Å². The van der Waals surface area contributed by atoms with Crippen molar-refractivity contribution in [2.45, 2.75) is 116 Å². The molecule has 0 saturated heterocycles. The number of nitrogens with two attached hydrogens (primary N) is 2. The summed E-state index contributed by atoms with van der Waals surface area (Å²) in [7, 11) is 2.93. The summed E-state index contributed by atoms with van der Waals surface area (Å²) in [4.78, 5) is 76.6. The lowest BCUT2D eigenvalue weighted by molar-refractivity contribution is -0.123. The van der Waals surface area contributed by atoms with Crippen molar-refractivity contribution in [2.24, 2.45) is 22.4 Å². The first-order valence-electron chi connectivity index (χ1n) is 28.7. The highest BCUT2D eigenvalue weighted by Gasteiger charge is 2.54. The van der Waals surface area contributed by atoms with Gasteiger partial charge < -0.3 is 75.2 Å². The number of carbonyl (C=O) groups is 5. The molecule has 7 rings (SSSR count). The highest BCUT2D eigenvalue weighted by molar-refractivity contribution is 6.07. The highest BCUT2D eigenvalue weighted by atomic mass is 16.6. The number of amides is 5. The molecule has 462 valence electrons. The number of nitrogens with zero attached hydrogens (tertiary/aromatic N) is 4. The SMILES string of the molecule is C=C(N[C@@H](C)C(=O)Nc1ccc(COC(=O)N2c3cc(OCCCCCOc4cc5c(cc4OC)C(=O)N4C=C(C)C[C@@]4(N)C=N5)c(OC)cc3C(=O)N3C=C(C)C[C@@]3(N)[C@@H]2O)cc1)[C@@H](NC(=O)CCOCCOCCOCCOCC)C(C)C. The molecule has 5 atom stereocenters. The first-order valence-corrected chi connectivity index (χ1v) is 28.7. The van der Waals surface area contributed by atoms with Gasteiger partial charge in [0.25, 0.3) is 11.8 Å². The van der Waals surface area contributed by atoms with Crippen molar-refractivity contribution < 1.29 is 71.7 Å². The maximum atomic E-state index is 14.3. The summed E-state index contributed by atoms with van der Waals surface area (Å²) in [6.07, 6.45) is 4.64. The van der Waals surface area contributed by atoms with Gasteiger partial charge in [0.05, 0.1) is 102 Å². The van der Waals surface area contributed by atoms with Gasteiger partial charge in [-0.15, -0.1) is 0 Å². The molecule has 4 aliphatic heterocycles. The number of carbonyl (C=O) groups excluding carboxylic acids is 5. The molecule has 24 nitrogen and oxygen atoms in total. The lowest BCUT2D eigenvalue weighted by atomic mass is 10.0. The fourth-order valence-electron chi connectivity index (χ4n) is 10.1. The number of aliphatic hydroxyl groups excluding tert-OH is 1. The molecule has 0 fully saturated rings. The number of aliphatic hydroxyl groups is 1. The minimum Gasteiger partial charge on any atom is -0.493 e. The standard InChI is InChI=1S/C61H83N9O15/c1-10-79-22-23-81-26-27-82-25-24-80-21-18-53(71)67-54(38(2)3)41(6)65-42(7)55(72)66-44-16-14-43(15-17-44)36-85-59(76)70-48-31-52(50(78-9)29-46(48)57(74)69-35-40(5)33-61(69,63)58(70)75)84-20-13-11-12-19-83-51-30-47-45(28-49(51)77-8)56(73)68-34-39(4)32-60(68,62)37-64-47/h14-17,28-31,34-35,37-38,42,54,58,65,75H,6,10-13,18-27,32-33,36,62-63H2,1-5,7-9H3,(H,66,72)(H,67,71)/t42-,54-,58-,60-,61-/m0/s1. The Morgan fingerprint density at radius 1 is 0.741 bits per heavy atom. The molecule has 3 aromatic carbocycles. The van der Waals surface area contributed by atoms with Gasteiger partial charge in [0.1, 0.15) is 24.0 Å². The quantitative estimate of drug-likeness (QED) is 0.0370. The van der Waals surface area contributed by atoms with Gasteiger partial charge in [0.2, 0.25) is 11.8 Å². The summed E-state index contributed by atoms with van der Waals surface area (Å²) in [5.41, 5.74) is 14.5. The van der Waals surface area contributed by atoms with E-state index in [2.05, 4.69) is 27.5 Å². The predicted octanol–water partition coefficient (Wildman–Crippen LogP) is 6.38. The number of hydrogen-bond donors (Lipinski definition) is 6. The summed E-state index contributed by atoms with van der Waals surface area (Å²) >= 11 is 0. The third-order valence-electron chi connectivity index (χ3n) is 14.6. The van der Waals surface area contributed by atoms with Gasteiger partial charge in [-0.1, -0.05) is 43.7 Å². The average molecular weight is 1180 g/mol. The number of anilines is 2. The molecule has 4 heterocycles. The van der Waals surface area contributed by atoms with Crippen molar-refractivity contribution in [1.29, 1.82) is 0 Å². The van der Waals surface area contributed by atoms with Gasteiger partial charge >= 0.3 is 6.09 Å². The molecule has 0 aromatic heterocycles. The number of unbranched alkanes of at least 4 members (excludes halogenated alkanes) is 2. The van der Waals surface area contributed by atoms with Gasteiger partial charge in [0.15, 0.2) is 29.2 Å². The summed E-state index contributed by atoms with van der Waals surface area (Å²) in [5.74, 6) is -0.287. The van der Waals surface area contributed by atoms with Crippen LogP contribution in [0.4, 0.5) is 21.9 Å². The van der Waals surface area contributed by atoms with Gasteiger partial charge in [-0.2, -0.15) is 0 Å². The van der Waals surface area contributed by atoms with Crippen LogP contribution in [0.3, 0.4) is 0 Å². The van der Waals surface area contributed by atoms with Gasteiger partial charge in [-0.25, -0.2) is 9.69 Å². The van der Waals surface area contributed by atoms with Crippen LogP contribution in [0.25, 0.3) is 0 Å². The van der Waals surface area contributed by atoms with Crippen LogP contribution < -0.4 is 51.3 Å². The average Bonchev–Trinajstić information content (AvgIpc) is 1.77. The number of ether oxygens (including phenoxy) is 9. The van der Waals surface area contributed by atoms with Crippen molar-refractivity contribution in [3.8, 4) is 23.0 Å². The Morgan fingerprint density at radius 3 is 1.94 bits per heavy atom. The van der Waals surface area contributed by atoms with Gasteiger partial charge in [0, 0.05) is 68.0 Å². The van der Waals surface area contributed by atoms with Crippen molar-refractivity contribution in [2.75, 3.05) is 90.5 Å². The molecule has 0 radical (unpaired) electrons. The minimum absolute atomic E-state index is 0.00792. The van der Waals surface area contributed by atoms with E-state index >= 15 is 0 Å². The Labute approximate surface area is 496 Å². The molecule has 24 heteroatoms. The van der Waals surface area contributed by atoms with Gasteiger partial charge in [-0.3, -0.25) is 34.0 Å². The van der Waals surface area contributed by atoms with Crippen molar-refractivity contribution in [3.05, 3.63) is 101 Å². The third-order valence-corrected chi connectivity index (χ3v) is 14.6. The molecule has 4 aliphatic rings. The van der Waals surface area contributed by atoms with Crippen LogP contribution in [0, 0.1) is 5.92 Å². The second kappa shape index (κ2) is 30.0. The topological polar surface area (TPSA) is 299 Å². The Bertz CT molecular complexity index is 2970. The summed E-state index contributed by atoms with van der Waals surface area (Å²) < 4.78 is 51.2. The summed E-state index contributed by atoms with van der Waals surface area (Å²) in [6.45, 7) is 19.1. The molecule has 8 N–H and O–H groups in total. The number of nitrogens with one attached hydrogen (secondary N) is 3. The van der Waals surface area contributed by atoms with Crippen LogP contribution in [0.15, 0.2) is 89.3 Å².